The normalized spacial score (nSPS) is 18.8. The van der Waals surface area contributed by atoms with E-state index in [0.29, 0.717) is 19.0 Å². The Balaban J connectivity index is 1.82. The topological polar surface area (TPSA) is 70.2 Å². The summed E-state index contributed by atoms with van der Waals surface area (Å²) in [6.07, 6.45) is -3.01. The lowest BCUT2D eigenvalue weighted by Crippen LogP contribution is -2.22. The molecule has 0 bridgehead atoms. The van der Waals surface area contributed by atoms with E-state index in [1.165, 1.54) is 0 Å². The van der Waals surface area contributed by atoms with Crippen molar-refractivity contribution in [3.63, 3.8) is 0 Å². The molecule has 1 fully saturated rings. The fourth-order valence-electron chi connectivity index (χ4n) is 2.20. The lowest BCUT2D eigenvalue weighted by atomic mass is 10.1. The van der Waals surface area contributed by atoms with Gasteiger partial charge in [0.15, 0.2) is 5.82 Å². The van der Waals surface area contributed by atoms with Crippen LogP contribution >= 0.6 is 0 Å². The average Bonchev–Trinajstić information content (AvgIpc) is 3.10. The van der Waals surface area contributed by atoms with E-state index in [-0.39, 0.29) is 18.4 Å². The van der Waals surface area contributed by atoms with E-state index in [9.17, 15) is 18.0 Å². The molecule has 0 saturated carbocycles. The maximum Gasteiger partial charge on any atom is 0.417 e. The Kier molecular flexibility index (Phi) is 3.73. The van der Waals surface area contributed by atoms with Crippen LogP contribution < -0.4 is 5.56 Å². The number of aromatic nitrogens is 3. The van der Waals surface area contributed by atoms with Gasteiger partial charge < -0.3 is 13.8 Å². The van der Waals surface area contributed by atoms with Crippen LogP contribution in [-0.2, 0) is 17.5 Å². The molecule has 1 aliphatic rings. The van der Waals surface area contributed by atoms with Crippen LogP contribution in [0.4, 0.5) is 13.2 Å². The molecular weight excluding hydrogens is 303 g/mol. The Bertz CT molecular complexity index is 717. The predicted molar refractivity (Wildman–Crippen MR) is 67.3 cm³/mol. The highest BCUT2D eigenvalue weighted by molar-refractivity contribution is 5.14. The first kappa shape index (κ1) is 14.8. The molecule has 1 aliphatic heterocycles. The summed E-state index contributed by atoms with van der Waals surface area (Å²) in [7, 11) is 0. The Morgan fingerprint density at radius 1 is 1.36 bits per heavy atom. The quantitative estimate of drug-likeness (QED) is 0.864. The molecule has 2 aromatic rings. The molecule has 1 atom stereocenters. The molecule has 22 heavy (non-hydrogen) atoms. The molecule has 9 heteroatoms. The fraction of sp³-hybridized carbons (Fsp3) is 0.462. The molecule has 0 aromatic carbocycles. The third-order valence-electron chi connectivity index (χ3n) is 3.40. The molecule has 1 saturated heterocycles. The van der Waals surface area contributed by atoms with Gasteiger partial charge in [-0.3, -0.25) is 4.79 Å². The minimum atomic E-state index is -4.52. The Labute approximate surface area is 122 Å². The first-order valence-corrected chi connectivity index (χ1v) is 6.61. The largest absolute Gasteiger partial charge is 0.417 e. The monoisotopic (exact) mass is 315 g/mol. The number of rotatable bonds is 3. The maximum absolute atomic E-state index is 12.7. The first-order valence-electron chi connectivity index (χ1n) is 6.61. The van der Waals surface area contributed by atoms with E-state index >= 15 is 0 Å². The van der Waals surface area contributed by atoms with Crippen LogP contribution in [0.15, 0.2) is 27.6 Å². The summed E-state index contributed by atoms with van der Waals surface area (Å²) in [6, 6.07) is 1.61. The lowest BCUT2D eigenvalue weighted by molar-refractivity contribution is -0.138. The molecule has 118 valence electrons. The third-order valence-corrected chi connectivity index (χ3v) is 3.40. The zero-order chi connectivity index (χ0) is 15.7. The number of halogens is 3. The molecule has 0 unspecified atom stereocenters. The highest BCUT2D eigenvalue weighted by Gasteiger charge is 2.31. The summed E-state index contributed by atoms with van der Waals surface area (Å²) >= 11 is 0. The number of hydrogen-bond donors (Lipinski definition) is 0. The molecule has 0 N–H and O–H groups in total. The molecule has 2 aromatic heterocycles. The fourth-order valence-corrected chi connectivity index (χ4v) is 2.20. The van der Waals surface area contributed by atoms with Gasteiger partial charge in [0, 0.05) is 24.8 Å². The summed E-state index contributed by atoms with van der Waals surface area (Å²) in [5.41, 5.74) is -1.48. The van der Waals surface area contributed by atoms with Gasteiger partial charge in [0.25, 0.3) is 5.56 Å². The van der Waals surface area contributed by atoms with E-state index in [1.54, 1.807) is 0 Å². The summed E-state index contributed by atoms with van der Waals surface area (Å²) in [5.74, 6) is 0.562. The second kappa shape index (κ2) is 5.56. The van der Waals surface area contributed by atoms with Crippen molar-refractivity contribution in [1.82, 2.24) is 14.7 Å². The summed E-state index contributed by atoms with van der Waals surface area (Å²) in [5, 5.41) is 3.79. The minimum absolute atomic E-state index is 0.0238. The van der Waals surface area contributed by atoms with E-state index in [2.05, 4.69) is 10.1 Å². The summed E-state index contributed by atoms with van der Waals surface area (Å²) in [6.45, 7) is 0.896. The van der Waals surface area contributed by atoms with Gasteiger partial charge in [-0.05, 0) is 12.5 Å². The smallest absolute Gasteiger partial charge is 0.381 e. The molecular formula is C13H12F3N3O3. The van der Waals surface area contributed by atoms with Crippen molar-refractivity contribution in [3.05, 3.63) is 46.0 Å². The van der Waals surface area contributed by atoms with Gasteiger partial charge in [0.2, 0.25) is 5.89 Å². The SMILES string of the molecule is O=c1ccc(C(F)(F)F)cn1Cc1nc([C@H]2CCOC2)no1. The van der Waals surface area contributed by atoms with E-state index in [0.717, 1.165) is 29.3 Å². The number of ether oxygens (including phenoxy) is 1. The van der Waals surface area contributed by atoms with Gasteiger partial charge in [-0.2, -0.15) is 18.2 Å². The summed E-state index contributed by atoms with van der Waals surface area (Å²) in [4.78, 5) is 15.8. The maximum atomic E-state index is 12.7. The minimum Gasteiger partial charge on any atom is -0.381 e. The average molecular weight is 315 g/mol. The molecule has 3 heterocycles. The van der Waals surface area contributed by atoms with E-state index in [4.69, 9.17) is 9.26 Å². The van der Waals surface area contributed by atoms with Crippen molar-refractivity contribution >= 4 is 0 Å². The summed E-state index contributed by atoms with van der Waals surface area (Å²) < 4.78 is 49.1. The Hall–Kier alpha value is -2.16. The molecule has 6 nitrogen and oxygen atoms in total. The van der Waals surface area contributed by atoms with Crippen LogP contribution in [0.3, 0.4) is 0 Å². The van der Waals surface area contributed by atoms with Crippen LogP contribution in [0.2, 0.25) is 0 Å². The van der Waals surface area contributed by atoms with Gasteiger partial charge in [-0.15, -0.1) is 0 Å². The van der Waals surface area contributed by atoms with Crippen LogP contribution in [0.25, 0.3) is 0 Å². The van der Waals surface area contributed by atoms with Crippen molar-refractivity contribution in [2.24, 2.45) is 0 Å². The van der Waals surface area contributed by atoms with Crippen molar-refractivity contribution in [2.75, 3.05) is 13.2 Å². The highest BCUT2D eigenvalue weighted by Crippen LogP contribution is 2.28. The van der Waals surface area contributed by atoms with Crippen LogP contribution in [-0.4, -0.2) is 27.9 Å². The number of alkyl halides is 3. The molecule has 0 amide bonds. The molecule has 0 spiro atoms. The second-order valence-electron chi connectivity index (χ2n) is 4.99. The second-order valence-corrected chi connectivity index (χ2v) is 4.99. The third kappa shape index (κ3) is 3.03. The van der Waals surface area contributed by atoms with Gasteiger partial charge in [0.05, 0.1) is 12.2 Å². The Morgan fingerprint density at radius 3 is 2.86 bits per heavy atom. The zero-order valence-corrected chi connectivity index (χ0v) is 11.3. The Morgan fingerprint density at radius 2 is 2.18 bits per heavy atom. The van der Waals surface area contributed by atoms with Gasteiger partial charge in [0.1, 0.15) is 6.54 Å². The van der Waals surface area contributed by atoms with Gasteiger partial charge >= 0.3 is 6.18 Å². The number of hydrogen-bond acceptors (Lipinski definition) is 5. The van der Waals surface area contributed by atoms with Crippen molar-refractivity contribution in [1.29, 1.82) is 0 Å². The van der Waals surface area contributed by atoms with Crippen molar-refractivity contribution < 1.29 is 22.4 Å². The zero-order valence-electron chi connectivity index (χ0n) is 11.3. The van der Waals surface area contributed by atoms with E-state index in [1.807, 2.05) is 0 Å². The molecule has 0 aliphatic carbocycles. The first-order chi connectivity index (χ1) is 10.4. The van der Waals surface area contributed by atoms with Crippen molar-refractivity contribution in [2.45, 2.75) is 25.1 Å². The predicted octanol–water partition coefficient (Wildman–Crippen LogP) is 1.80. The number of pyridine rings is 1. The van der Waals surface area contributed by atoms with Crippen molar-refractivity contribution in [3.8, 4) is 0 Å². The van der Waals surface area contributed by atoms with Gasteiger partial charge in [-0.1, -0.05) is 5.16 Å². The van der Waals surface area contributed by atoms with Crippen LogP contribution in [0.5, 0.6) is 0 Å². The van der Waals surface area contributed by atoms with E-state index < -0.39 is 17.3 Å². The highest BCUT2D eigenvalue weighted by atomic mass is 19.4. The lowest BCUT2D eigenvalue weighted by Gasteiger charge is -2.08. The van der Waals surface area contributed by atoms with Crippen LogP contribution in [0.1, 0.15) is 29.6 Å². The standard InChI is InChI=1S/C13H12F3N3O3/c14-13(15,16)9-1-2-11(20)19(5-9)6-10-17-12(18-22-10)8-3-4-21-7-8/h1-2,5,8H,3-4,6-7H2/t8-/m0/s1. The molecule has 3 rings (SSSR count). The number of nitrogens with zero attached hydrogens (tertiary/aromatic N) is 3. The molecule has 0 radical (unpaired) electrons. The van der Waals surface area contributed by atoms with Crippen LogP contribution in [0, 0.1) is 0 Å². The van der Waals surface area contributed by atoms with Gasteiger partial charge in [-0.25, -0.2) is 0 Å².